The normalized spacial score (nSPS) is 16.1. The number of carbonyl (C=O) groups excluding carboxylic acids is 1. The van der Waals surface area contributed by atoms with Gasteiger partial charge in [-0.25, -0.2) is 4.98 Å². The Bertz CT molecular complexity index is 604. The number of thiocarbonyl (C=S) groups is 1. The molecule has 0 atom stereocenters. The van der Waals surface area contributed by atoms with Gasteiger partial charge in [-0.2, -0.15) is 0 Å². The van der Waals surface area contributed by atoms with Crippen LogP contribution < -0.4 is 4.90 Å². The summed E-state index contributed by atoms with van der Waals surface area (Å²) in [5, 5.41) is 1.35. The third kappa shape index (κ3) is 1.69. The summed E-state index contributed by atoms with van der Waals surface area (Å²) in [5.74, 6) is 0.0433. The monoisotopic (exact) mass is 277 g/mol. The second-order valence-electron chi connectivity index (χ2n) is 3.97. The molecule has 1 aliphatic heterocycles. The van der Waals surface area contributed by atoms with Crippen molar-refractivity contribution in [3.8, 4) is 0 Å². The Morgan fingerprint density at radius 2 is 2.22 bits per heavy atom. The Balaban J connectivity index is 2.00. The number of likely N-dealkylation sites (N-methyl/N-ethyl adjacent to an activating group) is 1. The molecular formula is C12H11N3OS2. The molecule has 0 N–H and O–H groups in total. The van der Waals surface area contributed by atoms with Gasteiger partial charge in [0.15, 0.2) is 10.2 Å². The third-order valence-electron chi connectivity index (χ3n) is 2.89. The van der Waals surface area contributed by atoms with Gasteiger partial charge in [0, 0.05) is 6.54 Å². The first kappa shape index (κ1) is 11.6. The van der Waals surface area contributed by atoms with Gasteiger partial charge in [-0.15, -0.1) is 0 Å². The fourth-order valence-corrected chi connectivity index (χ4v) is 3.38. The first-order chi connectivity index (χ1) is 8.70. The van der Waals surface area contributed by atoms with Gasteiger partial charge in [-0.05, 0) is 31.3 Å². The van der Waals surface area contributed by atoms with Crippen LogP contribution in [0.15, 0.2) is 24.3 Å². The quantitative estimate of drug-likeness (QED) is 0.789. The van der Waals surface area contributed by atoms with Gasteiger partial charge in [-0.1, -0.05) is 23.5 Å². The third-order valence-corrected chi connectivity index (χ3v) is 4.39. The molecule has 0 saturated carbocycles. The van der Waals surface area contributed by atoms with Crippen molar-refractivity contribution in [3.63, 3.8) is 0 Å². The number of aromatic nitrogens is 1. The fraction of sp³-hybridized carbons (Fsp3) is 0.250. The van der Waals surface area contributed by atoms with Crippen LogP contribution in [0.3, 0.4) is 0 Å². The van der Waals surface area contributed by atoms with E-state index in [9.17, 15) is 4.79 Å². The van der Waals surface area contributed by atoms with Crippen LogP contribution >= 0.6 is 23.6 Å². The standard InChI is InChI=1S/C12H11N3OS2/c1-2-14-10(16)7-15(12(14)17)11-13-8-5-3-4-6-9(8)18-11/h3-6H,2,7H2,1H3. The van der Waals surface area contributed by atoms with Gasteiger partial charge in [0.2, 0.25) is 5.91 Å². The molecule has 1 amide bonds. The van der Waals surface area contributed by atoms with Gasteiger partial charge in [0.05, 0.1) is 10.2 Å². The zero-order valence-electron chi connectivity index (χ0n) is 9.79. The van der Waals surface area contributed by atoms with E-state index in [2.05, 4.69) is 4.98 Å². The molecule has 92 valence electrons. The number of rotatable bonds is 2. The maximum atomic E-state index is 11.8. The van der Waals surface area contributed by atoms with Crippen molar-refractivity contribution in [1.82, 2.24) is 9.88 Å². The van der Waals surface area contributed by atoms with Gasteiger partial charge in [-0.3, -0.25) is 14.6 Å². The summed E-state index contributed by atoms with van der Waals surface area (Å²) < 4.78 is 1.11. The van der Waals surface area contributed by atoms with Crippen molar-refractivity contribution in [2.24, 2.45) is 0 Å². The lowest BCUT2D eigenvalue weighted by Gasteiger charge is -2.16. The molecule has 0 radical (unpaired) electrons. The number of para-hydroxylation sites is 1. The Hall–Kier alpha value is -1.53. The van der Waals surface area contributed by atoms with Crippen LogP contribution in [0.1, 0.15) is 6.92 Å². The number of nitrogens with zero attached hydrogens (tertiary/aromatic N) is 3. The van der Waals surface area contributed by atoms with E-state index in [0.29, 0.717) is 18.2 Å². The summed E-state index contributed by atoms with van der Waals surface area (Å²) in [5.41, 5.74) is 0.947. The van der Waals surface area contributed by atoms with Gasteiger partial charge < -0.3 is 0 Å². The van der Waals surface area contributed by atoms with Gasteiger partial charge in [0.1, 0.15) is 6.54 Å². The zero-order chi connectivity index (χ0) is 12.7. The Morgan fingerprint density at radius 1 is 1.44 bits per heavy atom. The molecule has 18 heavy (non-hydrogen) atoms. The highest BCUT2D eigenvalue weighted by Gasteiger charge is 2.33. The number of amides is 1. The number of hydrogen-bond acceptors (Lipinski definition) is 4. The van der Waals surface area contributed by atoms with Crippen LogP contribution in [-0.2, 0) is 4.79 Å². The fourth-order valence-electron chi connectivity index (χ4n) is 1.98. The summed E-state index contributed by atoms with van der Waals surface area (Å²) in [6.07, 6.45) is 0. The molecule has 0 bridgehead atoms. The van der Waals surface area contributed by atoms with Crippen molar-refractivity contribution in [1.29, 1.82) is 0 Å². The smallest absolute Gasteiger partial charge is 0.248 e. The predicted octanol–water partition coefficient (Wildman–Crippen LogP) is 2.25. The highest BCUT2D eigenvalue weighted by molar-refractivity contribution is 7.80. The van der Waals surface area contributed by atoms with E-state index in [-0.39, 0.29) is 5.91 Å². The highest BCUT2D eigenvalue weighted by atomic mass is 32.1. The lowest BCUT2D eigenvalue weighted by Crippen LogP contribution is -2.32. The first-order valence-corrected chi connectivity index (χ1v) is 6.90. The Kier molecular flexibility index (Phi) is 2.76. The summed E-state index contributed by atoms with van der Waals surface area (Å²) in [6, 6.07) is 7.93. The van der Waals surface area contributed by atoms with Crippen molar-refractivity contribution >= 4 is 49.9 Å². The molecule has 1 fully saturated rings. The van der Waals surface area contributed by atoms with Gasteiger partial charge in [0.25, 0.3) is 0 Å². The van der Waals surface area contributed by atoms with E-state index in [1.165, 1.54) is 0 Å². The molecule has 1 aromatic heterocycles. The van der Waals surface area contributed by atoms with E-state index >= 15 is 0 Å². The number of fused-ring (bicyclic) bond motifs is 1. The molecule has 1 aromatic carbocycles. The first-order valence-electron chi connectivity index (χ1n) is 5.68. The predicted molar refractivity (Wildman–Crippen MR) is 77.0 cm³/mol. The molecule has 2 aromatic rings. The van der Waals surface area contributed by atoms with Crippen molar-refractivity contribution in [3.05, 3.63) is 24.3 Å². The number of carbonyl (C=O) groups is 1. The van der Waals surface area contributed by atoms with E-state index in [4.69, 9.17) is 12.2 Å². The summed E-state index contributed by atoms with van der Waals surface area (Å²) in [7, 11) is 0. The number of thiazole rings is 1. The lowest BCUT2D eigenvalue weighted by molar-refractivity contribution is -0.124. The van der Waals surface area contributed by atoms with E-state index in [1.54, 1.807) is 16.2 Å². The Labute approximate surface area is 114 Å². The molecule has 3 rings (SSSR count). The maximum Gasteiger partial charge on any atom is 0.248 e. The number of benzene rings is 1. The highest BCUT2D eigenvalue weighted by Crippen LogP contribution is 2.30. The summed E-state index contributed by atoms with van der Waals surface area (Å²) in [4.78, 5) is 19.7. The lowest BCUT2D eigenvalue weighted by atomic mass is 10.3. The van der Waals surface area contributed by atoms with Crippen LogP contribution in [0.25, 0.3) is 10.2 Å². The minimum absolute atomic E-state index is 0.0433. The molecule has 6 heteroatoms. The molecule has 1 saturated heterocycles. The topological polar surface area (TPSA) is 36.4 Å². The minimum atomic E-state index is 0.0433. The van der Waals surface area contributed by atoms with Crippen LogP contribution in [-0.4, -0.2) is 34.0 Å². The average molecular weight is 277 g/mol. The number of anilines is 1. The van der Waals surface area contributed by atoms with Crippen molar-refractivity contribution < 1.29 is 4.79 Å². The maximum absolute atomic E-state index is 11.8. The van der Waals surface area contributed by atoms with Crippen LogP contribution in [0, 0.1) is 0 Å². The van der Waals surface area contributed by atoms with Crippen LogP contribution in [0.4, 0.5) is 5.13 Å². The van der Waals surface area contributed by atoms with Crippen molar-refractivity contribution in [2.75, 3.05) is 18.0 Å². The van der Waals surface area contributed by atoms with Crippen LogP contribution in [0.2, 0.25) is 0 Å². The zero-order valence-corrected chi connectivity index (χ0v) is 11.4. The second kappa shape index (κ2) is 4.29. The van der Waals surface area contributed by atoms with E-state index in [1.807, 2.05) is 36.1 Å². The number of hydrogen-bond donors (Lipinski definition) is 0. The SMILES string of the molecule is CCN1C(=O)CN(c2nc3ccccc3s2)C1=S. The largest absolute Gasteiger partial charge is 0.288 e. The Morgan fingerprint density at radius 3 is 2.89 bits per heavy atom. The minimum Gasteiger partial charge on any atom is -0.288 e. The van der Waals surface area contributed by atoms with Crippen molar-refractivity contribution in [2.45, 2.75) is 6.92 Å². The molecule has 0 unspecified atom stereocenters. The molecule has 4 nitrogen and oxygen atoms in total. The summed E-state index contributed by atoms with van der Waals surface area (Å²) >= 11 is 6.88. The van der Waals surface area contributed by atoms with Crippen LogP contribution in [0.5, 0.6) is 0 Å². The molecular weight excluding hydrogens is 266 g/mol. The van der Waals surface area contributed by atoms with Gasteiger partial charge >= 0.3 is 0 Å². The second-order valence-corrected chi connectivity index (χ2v) is 5.35. The molecule has 1 aliphatic rings. The molecule has 0 aliphatic carbocycles. The van der Waals surface area contributed by atoms with E-state index in [0.717, 1.165) is 15.3 Å². The van der Waals surface area contributed by atoms with E-state index < -0.39 is 0 Å². The molecule has 0 spiro atoms. The summed E-state index contributed by atoms with van der Waals surface area (Å²) in [6.45, 7) is 2.83. The average Bonchev–Trinajstić information content (AvgIpc) is 2.90. The molecule has 2 heterocycles.